The number of nitrogens with one attached hydrogen (secondary N) is 1. The predicted octanol–water partition coefficient (Wildman–Crippen LogP) is 5.14. The van der Waals surface area contributed by atoms with Crippen molar-refractivity contribution >= 4 is 45.3 Å². The van der Waals surface area contributed by atoms with Crippen molar-refractivity contribution in [1.82, 2.24) is 0 Å². The number of benzene rings is 3. The summed E-state index contributed by atoms with van der Waals surface area (Å²) in [5.41, 5.74) is 1.39. The van der Waals surface area contributed by atoms with E-state index in [4.69, 9.17) is 4.74 Å². The highest BCUT2D eigenvalue weighted by molar-refractivity contribution is 9.10. The minimum Gasteiger partial charge on any atom is -0.468 e. The Morgan fingerprint density at radius 1 is 1.03 bits per heavy atom. The second-order valence-electron chi connectivity index (χ2n) is 8.57. The molecule has 1 unspecified atom stereocenters. The molecule has 3 aromatic carbocycles. The summed E-state index contributed by atoms with van der Waals surface area (Å²) in [5.74, 6) is -1.76. The van der Waals surface area contributed by atoms with Gasteiger partial charge in [0.25, 0.3) is 0 Å². The van der Waals surface area contributed by atoms with Gasteiger partial charge in [0.1, 0.15) is 6.04 Å². The number of hydrogen-bond donors (Lipinski definition) is 1. The van der Waals surface area contributed by atoms with Crippen LogP contribution in [0.2, 0.25) is 0 Å². The zero-order chi connectivity index (χ0) is 24.6. The highest BCUT2D eigenvalue weighted by Gasteiger charge is 2.67. The van der Waals surface area contributed by atoms with Crippen LogP contribution in [0.15, 0.2) is 89.4 Å². The van der Waals surface area contributed by atoms with Crippen LogP contribution in [0.25, 0.3) is 6.08 Å². The van der Waals surface area contributed by atoms with Gasteiger partial charge in [0.05, 0.1) is 19.2 Å². The normalized spacial score (nSPS) is 24.1. The maximum atomic E-state index is 14.0. The Labute approximate surface area is 212 Å². The summed E-state index contributed by atoms with van der Waals surface area (Å²) in [7, 11) is 1.28. The quantitative estimate of drug-likeness (QED) is 0.475. The molecule has 1 N–H and O–H groups in total. The van der Waals surface area contributed by atoms with E-state index in [2.05, 4.69) is 27.3 Å². The summed E-state index contributed by atoms with van der Waals surface area (Å²) in [6.07, 6.45) is 3.74. The topological polar surface area (TPSA) is 82.4 Å². The molecule has 6 nitrogen and oxygen atoms in total. The minimum absolute atomic E-state index is 0.305. The summed E-state index contributed by atoms with van der Waals surface area (Å²) >= 11 is 3.46. The van der Waals surface area contributed by atoms with Gasteiger partial charge in [0, 0.05) is 21.8 Å². The molecule has 0 aromatic heterocycles. The number of anilines is 2. The molecule has 0 aliphatic carbocycles. The molecule has 0 saturated carbocycles. The fourth-order valence-corrected chi connectivity index (χ4v) is 5.58. The fraction of sp³-hybridized carbons (Fsp3) is 0.179. The first kappa shape index (κ1) is 22.9. The van der Waals surface area contributed by atoms with E-state index in [1.165, 1.54) is 7.11 Å². The van der Waals surface area contributed by atoms with Crippen LogP contribution in [0, 0.1) is 16.7 Å². The van der Waals surface area contributed by atoms with Gasteiger partial charge in [-0.25, -0.2) is 0 Å². The van der Waals surface area contributed by atoms with E-state index in [1.54, 1.807) is 12.1 Å². The Kier molecular flexibility index (Phi) is 5.91. The third-order valence-electron chi connectivity index (χ3n) is 6.79. The molecule has 174 valence electrons. The molecule has 0 radical (unpaired) electrons. The number of methoxy groups -OCH3 is 1. The molecule has 2 aliphatic heterocycles. The second kappa shape index (κ2) is 9.05. The molecule has 3 aromatic rings. The highest BCUT2D eigenvalue weighted by Crippen LogP contribution is 2.56. The first-order chi connectivity index (χ1) is 17.0. The standard InChI is InChI=1S/C28H22BrN3O3/c1-35-27(34)28(17-30)23-16-13-18-7-5-6-10-22(18)32(23)25(24(28)19-11-14-20(29)15-12-19)26(33)31-21-8-3-2-4-9-21/h2-16,23-25H,1H3,(H,31,33)/t23?,24-,25+,28+/m0/s1. The molecule has 35 heavy (non-hydrogen) atoms. The lowest BCUT2D eigenvalue weighted by Gasteiger charge is -2.36. The summed E-state index contributed by atoms with van der Waals surface area (Å²) in [5, 5.41) is 13.6. The molecule has 0 spiro atoms. The average Bonchev–Trinajstić information content (AvgIpc) is 3.21. The largest absolute Gasteiger partial charge is 0.468 e. The van der Waals surface area contributed by atoms with Crippen LogP contribution >= 0.6 is 15.9 Å². The molecule has 1 saturated heterocycles. The number of fused-ring (bicyclic) bond motifs is 3. The highest BCUT2D eigenvalue weighted by atomic mass is 79.9. The van der Waals surface area contributed by atoms with E-state index in [0.29, 0.717) is 11.3 Å². The Hall–Kier alpha value is -3.89. The van der Waals surface area contributed by atoms with Gasteiger partial charge in [-0.1, -0.05) is 76.6 Å². The monoisotopic (exact) mass is 527 g/mol. The average molecular weight is 528 g/mol. The first-order valence-corrected chi connectivity index (χ1v) is 12.0. The molecule has 1 fully saturated rings. The zero-order valence-electron chi connectivity index (χ0n) is 18.9. The number of nitriles is 1. The van der Waals surface area contributed by atoms with E-state index in [9.17, 15) is 14.9 Å². The number of ether oxygens (including phenoxy) is 1. The molecule has 7 heteroatoms. The fourth-order valence-electron chi connectivity index (χ4n) is 5.32. The third-order valence-corrected chi connectivity index (χ3v) is 7.32. The number of hydrogen-bond acceptors (Lipinski definition) is 5. The summed E-state index contributed by atoms with van der Waals surface area (Å²) in [4.78, 5) is 29.4. The van der Waals surface area contributed by atoms with Crippen LogP contribution < -0.4 is 10.2 Å². The van der Waals surface area contributed by atoms with Crippen molar-refractivity contribution in [3.05, 3.63) is 101 Å². The number of halogens is 1. The van der Waals surface area contributed by atoms with Crippen molar-refractivity contribution in [1.29, 1.82) is 5.26 Å². The van der Waals surface area contributed by atoms with E-state index in [0.717, 1.165) is 15.7 Å². The maximum absolute atomic E-state index is 14.0. The molecule has 2 heterocycles. The van der Waals surface area contributed by atoms with Crippen LogP contribution in [0.1, 0.15) is 17.0 Å². The van der Waals surface area contributed by atoms with Gasteiger partial charge in [0.15, 0.2) is 5.41 Å². The lowest BCUT2D eigenvalue weighted by molar-refractivity contribution is -0.150. The van der Waals surface area contributed by atoms with Gasteiger partial charge in [0.2, 0.25) is 5.91 Å². The van der Waals surface area contributed by atoms with Gasteiger partial charge in [-0.05, 0) is 41.5 Å². The van der Waals surface area contributed by atoms with E-state index >= 15 is 0 Å². The number of esters is 1. The van der Waals surface area contributed by atoms with Crippen LogP contribution in [-0.2, 0) is 14.3 Å². The van der Waals surface area contributed by atoms with Crippen molar-refractivity contribution in [3.8, 4) is 6.07 Å². The Morgan fingerprint density at radius 3 is 2.40 bits per heavy atom. The summed E-state index contributed by atoms with van der Waals surface area (Å²) in [6, 6.07) is 25.0. The molecule has 0 bridgehead atoms. The third kappa shape index (κ3) is 3.62. The Morgan fingerprint density at radius 2 is 1.71 bits per heavy atom. The Balaban J connectivity index is 1.75. The minimum atomic E-state index is -1.65. The Bertz CT molecular complexity index is 1350. The number of amides is 1. The van der Waals surface area contributed by atoms with E-state index in [1.807, 2.05) is 83.8 Å². The van der Waals surface area contributed by atoms with Gasteiger partial charge in [-0.15, -0.1) is 0 Å². The van der Waals surface area contributed by atoms with Crippen LogP contribution in [0.4, 0.5) is 11.4 Å². The van der Waals surface area contributed by atoms with Gasteiger partial charge in [-0.2, -0.15) is 5.26 Å². The van der Waals surface area contributed by atoms with Crippen molar-refractivity contribution in [3.63, 3.8) is 0 Å². The van der Waals surface area contributed by atoms with Crippen LogP contribution in [0.3, 0.4) is 0 Å². The second-order valence-corrected chi connectivity index (χ2v) is 9.49. The molecular weight excluding hydrogens is 506 g/mol. The van der Waals surface area contributed by atoms with Gasteiger partial charge < -0.3 is 15.0 Å². The summed E-state index contributed by atoms with van der Waals surface area (Å²) in [6.45, 7) is 0. The molecule has 5 rings (SSSR count). The number of carbonyl (C=O) groups is 2. The zero-order valence-corrected chi connectivity index (χ0v) is 20.5. The summed E-state index contributed by atoms with van der Waals surface area (Å²) < 4.78 is 6.08. The van der Waals surface area contributed by atoms with Crippen molar-refractivity contribution in [2.45, 2.75) is 18.0 Å². The molecule has 2 aliphatic rings. The van der Waals surface area contributed by atoms with Gasteiger partial charge in [-0.3, -0.25) is 9.59 Å². The predicted molar refractivity (Wildman–Crippen MR) is 138 cm³/mol. The first-order valence-electron chi connectivity index (χ1n) is 11.2. The lowest BCUT2D eigenvalue weighted by Crippen LogP contribution is -2.47. The number of rotatable bonds is 4. The smallest absolute Gasteiger partial charge is 0.329 e. The van der Waals surface area contributed by atoms with Gasteiger partial charge >= 0.3 is 5.97 Å². The van der Waals surface area contributed by atoms with Crippen molar-refractivity contribution in [2.24, 2.45) is 5.41 Å². The number of nitrogens with zero attached hydrogens (tertiary/aromatic N) is 2. The molecule has 1 amide bonds. The number of carbonyl (C=O) groups excluding carboxylic acids is 2. The van der Waals surface area contributed by atoms with Crippen LogP contribution in [-0.4, -0.2) is 31.1 Å². The van der Waals surface area contributed by atoms with E-state index < -0.39 is 29.4 Å². The van der Waals surface area contributed by atoms with Crippen molar-refractivity contribution < 1.29 is 14.3 Å². The SMILES string of the molecule is COC(=O)[C@]1(C#N)C2C=Cc3ccccc3N2[C@@H](C(=O)Nc2ccccc2)[C@@H]1c1ccc(Br)cc1. The van der Waals surface area contributed by atoms with Crippen LogP contribution in [0.5, 0.6) is 0 Å². The number of para-hydroxylation sites is 2. The molecular formula is C28H22BrN3O3. The maximum Gasteiger partial charge on any atom is 0.329 e. The van der Waals surface area contributed by atoms with E-state index in [-0.39, 0.29) is 5.91 Å². The molecule has 4 atom stereocenters. The lowest BCUT2D eigenvalue weighted by atomic mass is 9.68. The van der Waals surface area contributed by atoms with Crippen molar-refractivity contribution in [2.75, 3.05) is 17.3 Å².